The Morgan fingerprint density at radius 2 is 1.96 bits per heavy atom. The fraction of sp³-hybridized carbons (Fsp3) is 0.300. The van der Waals surface area contributed by atoms with E-state index in [9.17, 15) is 4.79 Å². The van der Waals surface area contributed by atoms with Crippen molar-refractivity contribution in [3.63, 3.8) is 0 Å². The monoisotopic (exact) mass is 367 g/mol. The number of anilines is 1. The molecule has 1 aliphatic heterocycles. The molecule has 2 heterocycles. The first-order valence-electron chi connectivity index (χ1n) is 8.76. The first-order chi connectivity index (χ1) is 12.7. The predicted octanol–water partition coefficient (Wildman–Crippen LogP) is 3.62. The van der Waals surface area contributed by atoms with Crippen LogP contribution in [-0.2, 0) is 9.53 Å². The maximum atomic E-state index is 13.2. The number of rotatable bonds is 4. The molecule has 1 unspecified atom stereocenters. The molecule has 0 radical (unpaired) electrons. The van der Waals surface area contributed by atoms with Gasteiger partial charge in [-0.1, -0.05) is 30.3 Å². The molecule has 6 heteroatoms. The van der Waals surface area contributed by atoms with Crippen molar-refractivity contribution in [2.24, 2.45) is 0 Å². The maximum Gasteiger partial charge on any atom is 0.249 e. The van der Waals surface area contributed by atoms with Crippen LogP contribution in [0.15, 0.2) is 48.5 Å². The van der Waals surface area contributed by atoms with Crippen molar-refractivity contribution in [3.8, 4) is 0 Å². The molecule has 1 aromatic heterocycles. The minimum Gasteiger partial charge on any atom is -0.378 e. The Kier molecular flexibility index (Phi) is 4.86. The molecule has 4 rings (SSSR count). The molecule has 1 fully saturated rings. The highest BCUT2D eigenvalue weighted by atomic mass is 32.1. The number of amides is 1. The van der Waals surface area contributed by atoms with Crippen LogP contribution >= 0.6 is 11.3 Å². The number of aromatic nitrogens is 1. The van der Waals surface area contributed by atoms with E-state index < -0.39 is 6.04 Å². The van der Waals surface area contributed by atoms with Crippen LogP contribution in [0.4, 0.5) is 5.69 Å². The Hall–Kier alpha value is -2.44. The highest BCUT2D eigenvalue weighted by Crippen LogP contribution is 2.28. The van der Waals surface area contributed by atoms with Gasteiger partial charge >= 0.3 is 0 Å². The van der Waals surface area contributed by atoms with Gasteiger partial charge in [0.25, 0.3) is 0 Å². The summed E-state index contributed by atoms with van der Waals surface area (Å²) in [7, 11) is 0. The normalized spacial score (nSPS) is 15.8. The Balaban J connectivity index is 1.64. The van der Waals surface area contributed by atoms with Crippen molar-refractivity contribution >= 4 is 33.1 Å². The van der Waals surface area contributed by atoms with E-state index in [1.807, 2.05) is 54.3 Å². The standard InChI is InChI=1S/C20H21N3O2S/c1-14-21-17-8-7-16(13-18(17)26-14)22-19(15-5-3-2-4-6-15)20(24)23-9-11-25-12-10-23/h2-8,13,19,22H,9-12H2,1H3. The van der Waals surface area contributed by atoms with Crippen LogP contribution in [-0.4, -0.2) is 42.1 Å². The molecule has 5 nitrogen and oxygen atoms in total. The molecular formula is C20H21N3O2S. The van der Waals surface area contributed by atoms with Gasteiger partial charge in [0.1, 0.15) is 6.04 Å². The molecule has 2 aromatic carbocycles. The van der Waals surface area contributed by atoms with Crippen molar-refractivity contribution in [2.75, 3.05) is 31.6 Å². The lowest BCUT2D eigenvalue weighted by Crippen LogP contribution is -2.44. The summed E-state index contributed by atoms with van der Waals surface area (Å²) in [6, 6.07) is 15.5. The molecule has 0 saturated carbocycles. The smallest absolute Gasteiger partial charge is 0.249 e. The van der Waals surface area contributed by atoms with E-state index in [4.69, 9.17) is 4.74 Å². The number of nitrogens with zero attached hydrogens (tertiary/aromatic N) is 2. The summed E-state index contributed by atoms with van der Waals surface area (Å²) in [5.41, 5.74) is 2.88. The number of benzene rings is 2. The van der Waals surface area contributed by atoms with E-state index in [-0.39, 0.29) is 5.91 Å². The minimum absolute atomic E-state index is 0.0834. The lowest BCUT2D eigenvalue weighted by atomic mass is 10.0. The molecule has 0 spiro atoms. The van der Waals surface area contributed by atoms with Crippen LogP contribution in [0.2, 0.25) is 0 Å². The van der Waals surface area contributed by atoms with Gasteiger partial charge in [0, 0.05) is 18.8 Å². The maximum absolute atomic E-state index is 13.2. The number of hydrogen-bond donors (Lipinski definition) is 1. The third-order valence-electron chi connectivity index (χ3n) is 4.51. The molecule has 1 amide bonds. The molecule has 134 valence electrons. The Morgan fingerprint density at radius 3 is 2.73 bits per heavy atom. The lowest BCUT2D eigenvalue weighted by Gasteiger charge is -2.31. The number of thiazole rings is 1. The quantitative estimate of drug-likeness (QED) is 0.765. The van der Waals surface area contributed by atoms with Crippen LogP contribution in [0.1, 0.15) is 16.6 Å². The molecule has 1 aliphatic rings. The van der Waals surface area contributed by atoms with Crippen molar-refractivity contribution in [2.45, 2.75) is 13.0 Å². The number of hydrogen-bond acceptors (Lipinski definition) is 5. The first kappa shape index (κ1) is 17.0. The van der Waals surface area contributed by atoms with Crippen LogP contribution in [0.3, 0.4) is 0 Å². The fourth-order valence-electron chi connectivity index (χ4n) is 3.20. The summed E-state index contributed by atoms with van der Waals surface area (Å²) < 4.78 is 6.51. The Morgan fingerprint density at radius 1 is 1.19 bits per heavy atom. The average Bonchev–Trinajstić information content (AvgIpc) is 3.06. The van der Waals surface area contributed by atoms with E-state index in [2.05, 4.69) is 16.4 Å². The summed E-state index contributed by atoms with van der Waals surface area (Å²) in [5, 5.41) is 4.48. The highest BCUT2D eigenvalue weighted by Gasteiger charge is 2.27. The second-order valence-corrected chi connectivity index (χ2v) is 7.58. The molecule has 1 N–H and O–H groups in total. The zero-order valence-electron chi connectivity index (χ0n) is 14.6. The third kappa shape index (κ3) is 3.57. The van der Waals surface area contributed by atoms with Gasteiger partial charge in [-0.05, 0) is 30.7 Å². The highest BCUT2D eigenvalue weighted by molar-refractivity contribution is 7.18. The van der Waals surface area contributed by atoms with E-state index in [0.717, 1.165) is 26.5 Å². The molecule has 1 saturated heterocycles. The summed E-state index contributed by atoms with van der Waals surface area (Å²) in [6.07, 6.45) is 0. The SMILES string of the molecule is Cc1nc2ccc(NC(C(=O)N3CCOCC3)c3ccccc3)cc2s1. The first-order valence-corrected chi connectivity index (χ1v) is 9.57. The van der Waals surface area contributed by atoms with Gasteiger partial charge in [0.2, 0.25) is 5.91 Å². The fourth-order valence-corrected chi connectivity index (χ4v) is 4.06. The van der Waals surface area contributed by atoms with Crippen LogP contribution in [0.5, 0.6) is 0 Å². The van der Waals surface area contributed by atoms with E-state index in [1.165, 1.54) is 0 Å². The Labute approximate surface area is 156 Å². The topological polar surface area (TPSA) is 54.5 Å². The second-order valence-electron chi connectivity index (χ2n) is 6.34. The average molecular weight is 367 g/mol. The van der Waals surface area contributed by atoms with Gasteiger partial charge < -0.3 is 15.0 Å². The summed E-state index contributed by atoms with van der Waals surface area (Å²) in [4.78, 5) is 19.5. The second kappa shape index (κ2) is 7.43. The molecule has 3 aromatic rings. The number of nitrogens with one attached hydrogen (secondary N) is 1. The Bertz CT molecular complexity index is 904. The number of carbonyl (C=O) groups is 1. The summed E-state index contributed by atoms with van der Waals surface area (Å²) in [6.45, 7) is 4.47. The van der Waals surface area contributed by atoms with Gasteiger partial charge in [0.05, 0.1) is 28.4 Å². The largest absolute Gasteiger partial charge is 0.378 e. The van der Waals surface area contributed by atoms with Gasteiger partial charge in [-0.15, -0.1) is 11.3 Å². The van der Waals surface area contributed by atoms with Crippen molar-refractivity contribution < 1.29 is 9.53 Å². The molecule has 26 heavy (non-hydrogen) atoms. The van der Waals surface area contributed by atoms with Gasteiger partial charge in [0.15, 0.2) is 0 Å². The van der Waals surface area contributed by atoms with Crippen LogP contribution in [0.25, 0.3) is 10.2 Å². The van der Waals surface area contributed by atoms with Crippen molar-refractivity contribution in [3.05, 3.63) is 59.1 Å². The van der Waals surface area contributed by atoms with Gasteiger partial charge in [-0.25, -0.2) is 4.98 Å². The molecular weight excluding hydrogens is 346 g/mol. The van der Waals surface area contributed by atoms with Crippen LogP contribution < -0.4 is 5.32 Å². The predicted molar refractivity (Wildman–Crippen MR) is 105 cm³/mol. The van der Waals surface area contributed by atoms with E-state index in [1.54, 1.807) is 11.3 Å². The molecule has 1 atom stereocenters. The van der Waals surface area contributed by atoms with Crippen molar-refractivity contribution in [1.29, 1.82) is 0 Å². The number of carbonyl (C=O) groups excluding carboxylic acids is 1. The number of fused-ring (bicyclic) bond motifs is 1. The van der Waals surface area contributed by atoms with E-state index >= 15 is 0 Å². The van der Waals surface area contributed by atoms with Gasteiger partial charge in [-0.3, -0.25) is 4.79 Å². The number of aryl methyl sites for hydroxylation is 1. The lowest BCUT2D eigenvalue weighted by molar-refractivity contribution is -0.136. The number of morpholine rings is 1. The van der Waals surface area contributed by atoms with Crippen molar-refractivity contribution in [1.82, 2.24) is 9.88 Å². The number of ether oxygens (including phenoxy) is 1. The van der Waals surface area contributed by atoms with Gasteiger partial charge in [-0.2, -0.15) is 0 Å². The summed E-state index contributed by atoms with van der Waals surface area (Å²) in [5.74, 6) is 0.0834. The third-order valence-corrected chi connectivity index (χ3v) is 5.44. The van der Waals surface area contributed by atoms with Crippen LogP contribution in [0, 0.1) is 6.92 Å². The summed E-state index contributed by atoms with van der Waals surface area (Å²) >= 11 is 1.66. The zero-order chi connectivity index (χ0) is 17.9. The molecule has 0 bridgehead atoms. The van der Waals surface area contributed by atoms with E-state index in [0.29, 0.717) is 26.3 Å². The minimum atomic E-state index is -0.416. The zero-order valence-corrected chi connectivity index (χ0v) is 15.5. The molecule has 0 aliphatic carbocycles.